The van der Waals surface area contributed by atoms with Gasteiger partial charge in [-0.25, -0.2) is 0 Å². The standard InChI is InChI=1S/C27H44O5/c1-14-7-10-27(31-13-14)15(2)21-24(32-27)23(30)22-18-6-5-16-11-17(28)8-9-25(16,3)19(18)12-20(29)26(21,22)4/h14-24,28-30H,5-13H2,1-4H3. The molecule has 0 radical (unpaired) electrons. The van der Waals surface area contributed by atoms with Gasteiger partial charge in [-0.05, 0) is 80.0 Å². The van der Waals surface area contributed by atoms with Gasteiger partial charge in [-0.2, -0.15) is 0 Å². The van der Waals surface area contributed by atoms with E-state index < -0.39 is 18.0 Å². The van der Waals surface area contributed by atoms with Gasteiger partial charge in [0.05, 0.1) is 31.0 Å². The first-order valence-electron chi connectivity index (χ1n) is 13.5. The maximum atomic E-state index is 11.8. The van der Waals surface area contributed by atoms with Crippen LogP contribution >= 0.6 is 0 Å². The molecule has 182 valence electrons. The molecular formula is C27H44O5. The molecule has 14 unspecified atom stereocenters. The van der Waals surface area contributed by atoms with Crippen molar-refractivity contribution >= 4 is 0 Å². The quantitative estimate of drug-likeness (QED) is 0.526. The van der Waals surface area contributed by atoms with Crippen LogP contribution < -0.4 is 0 Å². The molecule has 5 nitrogen and oxygen atoms in total. The van der Waals surface area contributed by atoms with Crippen molar-refractivity contribution < 1.29 is 24.8 Å². The van der Waals surface area contributed by atoms with Crippen LogP contribution in [0.4, 0.5) is 0 Å². The van der Waals surface area contributed by atoms with Crippen LogP contribution in [0.25, 0.3) is 0 Å². The first kappa shape index (κ1) is 22.3. The van der Waals surface area contributed by atoms with Crippen molar-refractivity contribution in [3.63, 3.8) is 0 Å². The van der Waals surface area contributed by atoms with E-state index in [1.54, 1.807) is 0 Å². The van der Waals surface area contributed by atoms with Crippen molar-refractivity contribution in [2.24, 2.45) is 52.3 Å². The fourth-order valence-electron chi connectivity index (χ4n) is 10.2. The van der Waals surface area contributed by atoms with E-state index in [2.05, 4.69) is 27.7 Å². The first-order valence-corrected chi connectivity index (χ1v) is 13.5. The van der Waals surface area contributed by atoms with E-state index in [4.69, 9.17) is 9.47 Å². The van der Waals surface area contributed by atoms with Gasteiger partial charge in [-0.15, -0.1) is 0 Å². The summed E-state index contributed by atoms with van der Waals surface area (Å²) in [4.78, 5) is 0. The first-order chi connectivity index (χ1) is 15.1. The van der Waals surface area contributed by atoms with E-state index in [1.807, 2.05) is 0 Å². The molecule has 4 saturated carbocycles. The molecule has 0 aromatic heterocycles. The van der Waals surface area contributed by atoms with Crippen molar-refractivity contribution in [3.05, 3.63) is 0 Å². The lowest BCUT2D eigenvalue weighted by Gasteiger charge is -2.62. The predicted octanol–water partition coefficient (Wildman–Crippen LogP) is 3.74. The van der Waals surface area contributed by atoms with Gasteiger partial charge in [0.15, 0.2) is 5.79 Å². The van der Waals surface area contributed by atoms with Crippen LogP contribution in [0.15, 0.2) is 0 Å². The molecule has 0 amide bonds. The Morgan fingerprint density at radius 3 is 2.38 bits per heavy atom. The molecule has 0 bridgehead atoms. The second-order valence-corrected chi connectivity index (χ2v) is 13.3. The second-order valence-electron chi connectivity index (χ2n) is 13.3. The van der Waals surface area contributed by atoms with E-state index in [-0.39, 0.29) is 40.8 Å². The Bertz CT molecular complexity index is 748. The van der Waals surface area contributed by atoms with Gasteiger partial charge < -0.3 is 24.8 Å². The molecule has 3 N–H and O–H groups in total. The van der Waals surface area contributed by atoms with Gasteiger partial charge in [-0.3, -0.25) is 0 Å². The number of hydrogen-bond acceptors (Lipinski definition) is 5. The predicted molar refractivity (Wildman–Crippen MR) is 121 cm³/mol. The highest BCUT2D eigenvalue weighted by molar-refractivity contribution is 5.20. The van der Waals surface area contributed by atoms with Crippen molar-refractivity contribution in [2.45, 2.75) is 109 Å². The Hall–Kier alpha value is -0.200. The zero-order valence-corrected chi connectivity index (χ0v) is 20.4. The van der Waals surface area contributed by atoms with Gasteiger partial charge in [0, 0.05) is 23.7 Å². The lowest BCUT2D eigenvalue weighted by Crippen LogP contribution is -2.61. The van der Waals surface area contributed by atoms with Crippen LogP contribution in [0.1, 0.15) is 79.1 Å². The maximum absolute atomic E-state index is 11.8. The highest BCUT2D eigenvalue weighted by Crippen LogP contribution is 2.71. The molecule has 1 spiro atoms. The third-order valence-electron chi connectivity index (χ3n) is 12.0. The van der Waals surface area contributed by atoms with Crippen LogP contribution in [0.2, 0.25) is 0 Å². The average molecular weight is 449 g/mol. The summed E-state index contributed by atoms with van der Waals surface area (Å²) in [6, 6.07) is 0. The number of aliphatic hydroxyl groups excluding tert-OH is 3. The van der Waals surface area contributed by atoms with Gasteiger partial charge in [-0.1, -0.05) is 27.7 Å². The molecule has 0 aromatic carbocycles. The largest absolute Gasteiger partial charge is 0.393 e. The smallest absolute Gasteiger partial charge is 0.171 e. The molecule has 6 fully saturated rings. The summed E-state index contributed by atoms with van der Waals surface area (Å²) < 4.78 is 13.1. The van der Waals surface area contributed by atoms with Gasteiger partial charge in [0.25, 0.3) is 0 Å². The molecule has 5 heteroatoms. The molecule has 6 aliphatic rings. The average Bonchev–Trinajstić information content (AvgIpc) is 3.16. The second kappa shape index (κ2) is 7.16. The minimum absolute atomic E-state index is 0.0817. The van der Waals surface area contributed by atoms with Crippen LogP contribution in [-0.2, 0) is 9.47 Å². The van der Waals surface area contributed by atoms with Crippen molar-refractivity contribution in [1.29, 1.82) is 0 Å². The van der Waals surface area contributed by atoms with E-state index in [1.165, 1.54) is 0 Å². The summed E-state index contributed by atoms with van der Waals surface area (Å²) in [7, 11) is 0. The monoisotopic (exact) mass is 448 g/mol. The molecule has 32 heavy (non-hydrogen) atoms. The van der Waals surface area contributed by atoms with Crippen molar-refractivity contribution in [1.82, 2.24) is 0 Å². The zero-order valence-electron chi connectivity index (χ0n) is 20.4. The SMILES string of the molecule is CC1CCC2(OC1)OC1C(O)C3C4CCC5CC(O)CCC5(C)C4CC(O)C3(C)C1C2C. The van der Waals surface area contributed by atoms with Crippen LogP contribution in [0.3, 0.4) is 0 Å². The Balaban J connectivity index is 1.33. The molecule has 2 aliphatic heterocycles. The highest BCUT2D eigenvalue weighted by atomic mass is 16.7. The van der Waals surface area contributed by atoms with E-state index in [9.17, 15) is 15.3 Å². The number of ether oxygens (including phenoxy) is 2. The summed E-state index contributed by atoms with van der Waals surface area (Å²) in [5, 5.41) is 33.9. The summed E-state index contributed by atoms with van der Waals surface area (Å²) in [5.41, 5.74) is -0.170. The molecule has 0 aromatic rings. The fourth-order valence-corrected chi connectivity index (χ4v) is 10.2. The van der Waals surface area contributed by atoms with Gasteiger partial charge in [0.1, 0.15) is 0 Å². The van der Waals surface area contributed by atoms with Gasteiger partial charge in [0.2, 0.25) is 0 Å². The Labute approximate surface area is 193 Å². The zero-order chi connectivity index (χ0) is 22.6. The normalized spacial score (nSPS) is 64.0. The molecule has 2 saturated heterocycles. The summed E-state index contributed by atoms with van der Waals surface area (Å²) in [5.74, 6) is 1.74. The fraction of sp³-hybridized carbons (Fsp3) is 1.00. The number of aliphatic hydroxyl groups is 3. The minimum atomic E-state index is -0.587. The topological polar surface area (TPSA) is 79.2 Å². The maximum Gasteiger partial charge on any atom is 0.171 e. The molecule has 6 rings (SSSR count). The lowest BCUT2D eigenvalue weighted by atomic mass is 9.43. The third kappa shape index (κ3) is 2.69. The van der Waals surface area contributed by atoms with E-state index in [0.29, 0.717) is 23.7 Å². The van der Waals surface area contributed by atoms with Crippen LogP contribution in [0.5, 0.6) is 0 Å². The summed E-state index contributed by atoms with van der Waals surface area (Å²) in [6.07, 6.45) is 6.52. The van der Waals surface area contributed by atoms with Crippen molar-refractivity contribution in [2.75, 3.05) is 6.61 Å². The summed E-state index contributed by atoms with van der Waals surface area (Å²) >= 11 is 0. The molecule has 2 heterocycles. The minimum Gasteiger partial charge on any atom is -0.393 e. The molecule has 14 atom stereocenters. The lowest BCUT2D eigenvalue weighted by molar-refractivity contribution is -0.284. The van der Waals surface area contributed by atoms with Crippen molar-refractivity contribution in [3.8, 4) is 0 Å². The Morgan fingerprint density at radius 1 is 0.875 bits per heavy atom. The highest BCUT2D eigenvalue weighted by Gasteiger charge is 2.74. The Morgan fingerprint density at radius 2 is 1.66 bits per heavy atom. The van der Waals surface area contributed by atoms with Gasteiger partial charge >= 0.3 is 0 Å². The Kier molecular flexibility index (Phi) is 4.99. The molecular weight excluding hydrogens is 404 g/mol. The number of hydrogen-bond donors (Lipinski definition) is 3. The van der Waals surface area contributed by atoms with Crippen LogP contribution in [-0.4, -0.2) is 52.1 Å². The third-order valence-corrected chi connectivity index (χ3v) is 12.0. The summed E-state index contributed by atoms with van der Waals surface area (Å²) in [6.45, 7) is 9.88. The number of rotatable bonds is 0. The molecule has 4 aliphatic carbocycles. The van der Waals surface area contributed by atoms with E-state index >= 15 is 0 Å². The van der Waals surface area contributed by atoms with Crippen LogP contribution in [0, 0.1) is 52.3 Å². The van der Waals surface area contributed by atoms with E-state index in [0.717, 1.165) is 58.0 Å². The number of fused-ring (bicyclic) bond motifs is 7.